The molecule has 2 aromatic rings. The van der Waals surface area contributed by atoms with Crippen molar-refractivity contribution in [1.29, 1.82) is 0 Å². The van der Waals surface area contributed by atoms with Gasteiger partial charge in [0.15, 0.2) is 0 Å². The van der Waals surface area contributed by atoms with E-state index in [1.807, 2.05) is 23.1 Å². The molecule has 0 aromatic heterocycles. The molecule has 3 nitrogen and oxygen atoms in total. The molecule has 1 unspecified atom stereocenters. The molecule has 1 saturated heterocycles. The van der Waals surface area contributed by atoms with Gasteiger partial charge in [0.25, 0.3) is 0 Å². The SMILES string of the molecule is O=C(NCC#Cc1cccc(C(F)(F)F)c1)N1CCCC1Cc1ccccc1. The van der Waals surface area contributed by atoms with Gasteiger partial charge in [0.1, 0.15) is 0 Å². The Morgan fingerprint density at radius 3 is 2.68 bits per heavy atom. The summed E-state index contributed by atoms with van der Waals surface area (Å²) in [5.74, 6) is 5.39. The highest BCUT2D eigenvalue weighted by Crippen LogP contribution is 2.29. The number of carbonyl (C=O) groups is 1. The summed E-state index contributed by atoms with van der Waals surface area (Å²) >= 11 is 0. The van der Waals surface area contributed by atoms with Crippen molar-refractivity contribution in [3.05, 3.63) is 71.3 Å². The largest absolute Gasteiger partial charge is 0.416 e. The number of amides is 2. The second-order valence-electron chi connectivity index (χ2n) is 6.72. The van der Waals surface area contributed by atoms with E-state index in [-0.39, 0.29) is 24.2 Å². The second kappa shape index (κ2) is 8.83. The van der Waals surface area contributed by atoms with Gasteiger partial charge in [-0.15, -0.1) is 0 Å². The molecule has 146 valence electrons. The van der Waals surface area contributed by atoms with E-state index in [1.54, 1.807) is 0 Å². The molecule has 1 aliphatic rings. The molecular formula is C22H21F3N2O. The van der Waals surface area contributed by atoms with Crippen molar-refractivity contribution in [2.24, 2.45) is 0 Å². The highest BCUT2D eigenvalue weighted by atomic mass is 19.4. The van der Waals surface area contributed by atoms with E-state index < -0.39 is 11.7 Å². The smallest absolute Gasteiger partial charge is 0.327 e. The predicted octanol–water partition coefficient (Wildman–Crippen LogP) is 4.47. The highest BCUT2D eigenvalue weighted by Gasteiger charge is 2.30. The molecule has 0 saturated carbocycles. The van der Waals surface area contributed by atoms with Crippen LogP contribution in [0.4, 0.5) is 18.0 Å². The van der Waals surface area contributed by atoms with Crippen molar-refractivity contribution in [2.45, 2.75) is 31.5 Å². The first-order valence-electron chi connectivity index (χ1n) is 9.18. The van der Waals surface area contributed by atoms with Gasteiger partial charge >= 0.3 is 12.2 Å². The van der Waals surface area contributed by atoms with E-state index in [0.717, 1.165) is 31.4 Å². The Kier molecular flexibility index (Phi) is 6.25. The lowest BCUT2D eigenvalue weighted by atomic mass is 10.0. The van der Waals surface area contributed by atoms with Gasteiger partial charge in [-0.2, -0.15) is 13.2 Å². The topological polar surface area (TPSA) is 32.3 Å². The van der Waals surface area contributed by atoms with Gasteiger partial charge in [-0.05, 0) is 43.0 Å². The van der Waals surface area contributed by atoms with Crippen molar-refractivity contribution in [3.63, 3.8) is 0 Å². The minimum Gasteiger partial charge on any atom is -0.327 e. The van der Waals surface area contributed by atoms with Crippen LogP contribution in [0, 0.1) is 11.8 Å². The van der Waals surface area contributed by atoms with Crippen LogP contribution in [0.15, 0.2) is 54.6 Å². The number of carbonyl (C=O) groups excluding carboxylic acids is 1. The van der Waals surface area contributed by atoms with Crippen LogP contribution in [-0.2, 0) is 12.6 Å². The number of benzene rings is 2. The summed E-state index contributed by atoms with van der Waals surface area (Å²) in [4.78, 5) is 14.3. The van der Waals surface area contributed by atoms with E-state index in [4.69, 9.17) is 0 Å². The molecule has 0 spiro atoms. The van der Waals surface area contributed by atoms with Gasteiger partial charge in [-0.1, -0.05) is 48.2 Å². The number of alkyl halides is 3. The minimum absolute atomic E-state index is 0.0869. The second-order valence-corrected chi connectivity index (χ2v) is 6.72. The van der Waals surface area contributed by atoms with E-state index in [9.17, 15) is 18.0 Å². The van der Waals surface area contributed by atoms with E-state index in [2.05, 4.69) is 29.3 Å². The number of nitrogens with zero attached hydrogens (tertiary/aromatic N) is 1. The van der Waals surface area contributed by atoms with Crippen LogP contribution in [-0.4, -0.2) is 30.1 Å². The summed E-state index contributed by atoms with van der Waals surface area (Å²) < 4.78 is 38.2. The molecule has 2 amide bonds. The number of nitrogens with one attached hydrogen (secondary N) is 1. The predicted molar refractivity (Wildman–Crippen MR) is 102 cm³/mol. The van der Waals surface area contributed by atoms with Gasteiger partial charge in [0.2, 0.25) is 0 Å². The average Bonchev–Trinajstić information content (AvgIpc) is 3.14. The fourth-order valence-electron chi connectivity index (χ4n) is 3.34. The first kappa shape index (κ1) is 19.8. The van der Waals surface area contributed by atoms with Crippen LogP contribution in [0.25, 0.3) is 0 Å². The maximum Gasteiger partial charge on any atom is 0.416 e. The Balaban J connectivity index is 1.54. The van der Waals surface area contributed by atoms with Gasteiger partial charge in [-0.25, -0.2) is 4.79 Å². The summed E-state index contributed by atoms with van der Waals surface area (Å²) in [6.45, 7) is 0.786. The number of halogens is 3. The molecule has 0 aliphatic carbocycles. The maximum absolute atomic E-state index is 12.7. The summed E-state index contributed by atoms with van der Waals surface area (Å²) in [7, 11) is 0. The van der Waals surface area contributed by atoms with Gasteiger partial charge in [-0.3, -0.25) is 0 Å². The Bertz CT molecular complexity index is 869. The fourth-order valence-corrected chi connectivity index (χ4v) is 3.34. The minimum atomic E-state index is -4.39. The maximum atomic E-state index is 12.7. The van der Waals surface area contributed by atoms with Crippen molar-refractivity contribution < 1.29 is 18.0 Å². The molecule has 2 aromatic carbocycles. The number of hydrogen-bond donors (Lipinski definition) is 1. The molecule has 28 heavy (non-hydrogen) atoms. The fraction of sp³-hybridized carbons (Fsp3) is 0.318. The third-order valence-electron chi connectivity index (χ3n) is 4.70. The summed E-state index contributed by atoms with van der Waals surface area (Å²) in [6.07, 6.45) is -1.67. The molecular weight excluding hydrogens is 365 g/mol. The Hall–Kier alpha value is -2.94. The summed E-state index contributed by atoms with van der Waals surface area (Å²) in [6, 6.07) is 14.9. The van der Waals surface area contributed by atoms with E-state index >= 15 is 0 Å². The van der Waals surface area contributed by atoms with Gasteiger partial charge in [0.05, 0.1) is 12.1 Å². The Morgan fingerprint density at radius 1 is 1.14 bits per heavy atom. The molecule has 1 fully saturated rings. The molecule has 1 atom stereocenters. The highest BCUT2D eigenvalue weighted by molar-refractivity contribution is 5.75. The number of urea groups is 1. The van der Waals surface area contributed by atoms with Crippen molar-refractivity contribution in [2.75, 3.05) is 13.1 Å². The zero-order chi connectivity index (χ0) is 20.0. The van der Waals surface area contributed by atoms with Crippen LogP contribution in [0.1, 0.15) is 29.5 Å². The zero-order valence-electron chi connectivity index (χ0n) is 15.3. The van der Waals surface area contributed by atoms with Gasteiger partial charge in [0, 0.05) is 18.2 Å². The number of likely N-dealkylation sites (tertiary alicyclic amines) is 1. The van der Waals surface area contributed by atoms with Crippen LogP contribution in [0.3, 0.4) is 0 Å². The molecule has 6 heteroatoms. The van der Waals surface area contributed by atoms with Gasteiger partial charge < -0.3 is 10.2 Å². The standard InChI is InChI=1S/C22H21F3N2O/c23-22(24,25)19-11-4-9-17(15-19)10-5-13-26-21(28)27-14-6-12-20(27)16-18-7-2-1-3-8-18/h1-4,7-9,11,15,20H,6,12-14,16H2,(H,26,28). The molecule has 1 aliphatic heterocycles. The molecule has 1 N–H and O–H groups in total. The zero-order valence-corrected chi connectivity index (χ0v) is 15.3. The van der Waals surface area contributed by atoms with E-state index in [0.29, 0.717) is 6.54 Å². The Labute approximate surface area is 162 Å². The third-order valence-corrected chi connectivity index (χ3v) is 4.70. The van der Waals surface area contributed by atoms with Crippen molar-refractivity contribution >= 4 is 6.03 Å². The average molecular weight is 386 g/mol. The lowest BCUT2D eigenvalue weighted by molar-refractivity contribution is -0.137. The third kappa shape index (κ3) is 5.29. The van der Waals surface area contributed by atoms with Crippen molar-refractivity contribution in [3.8, 4) is 11.8 Å². The lowest BCUT2D eigenvalue weighted by Gasteiger charge is -2.24. The number of rotatable bonds is 3. The number of hydrogen-bond acceptors (Lipinski definition) is 1. The lowest BCUT2D eigenvalue weighted by Crippen LogP contribution is -2.43. The van der Waals surface area contributed by atoms with Crippen molar-refractivity contribution in [1.82, 2.24) is 10.2 Å². The first-order valence-corrected chi connectivity index (χ1v) is 9.18. The first-order chi connectivity index (χ1) is 13.4. The van der Waals surface area contributed by atoms with E-state index in [1.165, 1.54) is 17.7 Å². The summed E-state index contributed by atoms with van der Waals surface area (Å²) in [5.41, 5.74) is 0.730. The Morgan fingerprint density at radius 2 is 1.93 bits per heavy atom. The van der Waals surface area contributed by atoms with Crippen LogP contribution in [0.5, 0.6) is 0 Å². The molecule has 3 rings (SSSR count). The molecule has 1 heterocycles. The quantitative estimate of drug-likeness (QED) is 0.776. The monoisotopic (exact) mass is 386 g/mol. The van der Waals surface area contributed by atoms with Crippen LogP contribution >= 0.6 is 0 Å². The molecule has 0 bridgehead atoms. The van der Waals surface area contributed by atoms with Crippen LogP contribution in [0.2, 0.25) is 0 Å². The summed E-state index contributed by atoms with van der Waals surface area (Å²) in [5, 5.41) is 2.75. The molecule has 0 radical (unpaired) electrons. The normalized spacial score (nSPS) is 16.4. The van der Waals surface area contributed by atoms with Crippen LogP contribution < -0.4 is 5.32 Å².